The predicted octanol–water partition coefficient (Wildman–Crippen LogP) is 3.18. The molecule has 0 aliphatic carbocycles. The van der Waals surface area contributed by atoms with Gasteiger partial charge in [-0.15, -0.1) is 0 Å². The van der Waals surface area contributed by atoms with Gasteiger partial charge in [0.15, 0.2) is 0 Å². The molecule has 4 N–H and O–H groups in total. The van der Waals surface area contributed by atoms with E-state index in [0.717, 1.165) is 37.1 Å². The molecule has 4 heteroatoms. The van der Waals surface area contributed by atoms with E-state index in [-0.39, 0.29) is 5.66 Å². The monoisotopic (exact) mass is 322 g/mol. The van der Waals surface area contributed by atoms with Crippen molar-refractivity contribution in [3.63, 3.8) is 0 Å². The quantitative estimate of drug-likeness (QED) is 0.907. The summed E-state index contributed by atoms with van der Waals surface area (Å²) in [6.07, 6.45) is 7.26. The van der Waals surface area contributed by atoms with Gasteiger partial charge in [0.25, 0.3) is 0 Å². The molecule has 24 heavy (non-hydrogen) atoms. The molecule has 2 fully saturated rings. The maximum atomic E-state index is 6.63. The number of anilines is 1. The first-order valence-electron chi connectivity index (χ1n) is 9.02. The van der Waals surface area contributed by atoms with Crippen LogP contribution < -0.4 is 11.5 Å². The summed E-state index contributed by atoms with van der Waals surface area (Å²) in [6.45, 7) is 1.07. The van der Waals surface area contributed by atoms with E-state index in [1.807, 2.05) is 18.2 Å². The van der Waals surface area contributed by atoms with E-state index >= 15 is 0 Å². The third-order valence-electron chi connectivity index (χ3n) is 5.73. The molecule has 2 aliphatic rings. The molecular formula is C20H26N4. The van der Waals surface area contributed by atoms with E-state index in [0.29, 0.717) is 11.9 Å². The molecule has 1 aromatic heterocycles. The molecule has 2 aromatic rings. The van der Waals surface area contributed by atoms with Gasteiger partial charge in [0.05, 0.1) is 11.4 Å². The van der Waals surface area contributed by atoms with Crippen molar-refractivity contribution in [2.45, 2.75) is 50.2 Å². The minimum absolute atomic E-state index is 0.0334. The molecule has 0 spiro atoms. The van der Waals surface area contributed by atoms with Gasteiger partial charge in [-0.1, -0.05) is 30.3 Å². The Kier molecular flexibility index (Phi) is 4.02. The first-order chi connectivity index (χ1) is 11.6. The van der Waals surface area contributed by atoms with E-state index in [4.69, 9.17) is 11.5 Å². The third-order valence-corrected chi connectivity index (χ3v) is 5.73. The highest BCUT2D eigenvalue weighted by molar-refractivity contribution is 5.61. The SMILES string of the molecule is Nc1cccc(-c2ccc(CCN3C4CCCC3(N)CC4)cc2)n1. The number of nitrogens with two attached hydrogens (primary N) is 2. The van der Waals surface area contributed by atoms with Crippen LogP contribution in [0.3, 0.4) is 0 Å². The Morgan fingerprint density at radius 1 is 1.08 bits per heavy atom. The Labute approximate surface area is 143 Å². The van der Waals surface area contributed by atoms with Crippen molar-refractivity contribution in [1.82, 2.24) is 9.88 Å². The molecule has 4 rings (SSSR count). The number of pyridine rings is 1. The van der Waals surface area contributed by atoms with Crippen molar-refractivity contribution in [3.05, 3.63) is 48.0 Å². The Hall–Kier alpha value is -1.91. The largest absolute Gasteiger partial charge is 0.384 e. The van der Waals surface area contributed by atoms with Gasteiger partial charge in [-0.2, -0.15) is 0 Å². The van der Waals surface area contributed by atoms with Gasteiger partial charge in [-0.05, 0) is 56.2 Å². The van der Waals surface area contributed by atoms with E-state index in [2.05, 4.69) is 34.1 Å². The van der Waals surface area contributed by atoms with Gasteiger partial charge in [-0.3, -0.25) is 4.90 Å². The lowest BCUT2D eigenvalue weighted by atomic mass is 9.97. The Bertz CT molecular complexity index is 708. The van der Waals surface area contributed by atoms with Crippen molar-refractivity contribution in [2.24, 2.45) is 5.73 Å². The van der Waals surface area contributed by atoms with Crippen LogP contribution in [0.2, 0.25) is 0 Å². The average Bonchev–Trinajstić information content (AvgIpc) is 2.76. The smallest absolute Gasteiger partial charge is 0.124 e. The van der Waals surface area contributed by atoms with Gasteiger partial charge in [0, 0.05) is 18.2 Å². The molecular weight excluding hydrogens is 296 g/mol. The highest BCUT2D eigenvalue weighted by Crippen LogP contribution is 2.40. The summed E-state index contributed by atoms with van der Waals surface area (Å²) in [4.78, 5) is 6.96. The van der Waals surface area contributed by atoms with Crippen LogP contribution in [0.25, 0.3) is 11.3 Å². The third kappa shape index (κ3) is 2.92. The van der Waals surface area contributed by atoms with Crippen LogP contribution in [0.15, 0.2) is 42.5 Å². The van der Waals surface area contributed by atoms with E-state index < -0.39 is 0 Å². The lowest BCUT2D eigenvalue weighted by Crippen LogP contribution is -2.57. The zero-order chi connectivity index (χ0) is 16.6. The summed E-state index contributed by atoms with van der Waals surface area (Å²) in [6, 6.07) is 15.1. The van der Waals surface area contributed by atoms with Crippen LogP contribution in [0.1, 0.15) is 37.7 Å². The summed E-state index contributed by atoms with van der Waals surface area (Å²) < 4.78 is 0. The Morgan fingerprint density at radius 2 is 1.92 bits per heavy atom. The summed E-state index contributed by atoms with van der Waals surface area (Å²) in [7, 11) is 0. The highest BCUT2D eigenvalue weighted by atomic mass is 15.3. The van der Waals surface area contributed by atoms with Gasteiger partial charge in [0.2, 0.25) is 0 Å². The molecule has 3 heterocycles. The van der Waals surface area contributed by atoms with E-state index in [1.165, 1.54) is 24.8 Å². The van der Waals surface area contributed by atoms with Gasteiger partial charge >= 0.3 is 0 Å². The van der Waals surface area contributed by atoms with Gasteiger partial charge in [0.1, 0.15) is 5.82 Å². The normalized spacial score (nSPS) is 26.6. The number of benzene rings is 1. The fourth-order valence-corrected chi connectivity index (χ4v) is 4.40. The molecule has 0 amide bonds. The second kappa shape index (κ2) is 6.19. The second-order valence-electron chi connectivity index (χ2n) is 7.28. The number of aromatic nitrogens is 1. The molecule has 2 bridgehead atoms. The van der Waals surface area contributed by atoms with E-state index in [9.17, 15) is 0 Å². The molecule has 2 aliphatic heterocycles. The molecule has 126 valence electrons. The van der Waals surface area contributed by atoms with E-state index in [1.54, 1.807) is 0 Å². The number of nitrogen functional groups attached to an aromatic ring is 1. The van der Waals surface area contributed by atoms with Crippen molar-refractivity contribution < 1.29 is 0 Å². The maximum Gasteiger partial charge on any atom is 0.124 e. The van der Waals surface area contributed by atoms with Crippen LogP contribution in [0, 0.1) is 0 Å². The summed E-state index contributed by atoms with van der Waals surface area (Å²) >= 11 is 0. The van der Waals surface area contributed by atoms with Crippen molar-refractivity contribution >= 4 is 5.82 Å². The highest BCUT2D eigenvalue weighted by Gasteiger charge is 2.45. The minimum atomic E-state index is -0.0334. The number of nitrogens with zero attached hydrogens (tertiary/aromatic N) is 2. The predicted molar refractivity (Wildman–Crippen MR) is 98.3 cm³/mol. The standard InChI is InChI=1S/C20H26N4/c21-19-5-1-4-18(23-19)16-8-6-15(7-9-16)11-14-24-17-3-2-12-20(24,22)13-10-17/h1,4-9,17H,2-3,10-14,22H2,(H2,21,23). The number of hydrogen-bond acceptors (Lipinski definition) is 4. The average molecular weight is 322 g/mol. The second-order valence-corrected chi connectivity index (χ2v) is 7.28. The minimum Gasteiger partial charge on any atom is -0.384 e. The fourth-order valence-electron chi connectivity index (χ4n) is 4.40. The van der Waals surface area contributed by atoms with Crippen molar-refractivity contribution in [1.29, 1.82) is 0 Å². The summed E-state index contributed by atoms with van der Waals surface area (Å²) in [5, 5.41) is 0. The number of piperidine rings is 1. The maximum absolute atomic E-state index is 6.63. The van der Waals surface area contributed by atoms with Crippen molar-refractivity contribution in [2.75, 3.05) is 12.3 Å². The molecule has 0 radical (unpaired) electrons. The lowest BCUT2D eigenvalue weighted by molar-refractivity contribution is 0.0593. The number of fused-ring (bicyclic) bond motifs is 2. The Balaban J connectivity index is 1.43. The molecule has 0 saturated carbocycles. The molecule has 1 aromatic carbocycles. The van der Waals surface area contributed by atoms with Crippen molar-refractivity contribution in [3.8, 4) is 11.3 Å². The number of hydrogen-bond donors (Lipinski definition) is 2. The molecule has 2 atom stereocenters. The van der Waals surface area contributed by atoms with Crippen LogP contribution in [0.5, 0.6) is 0 Å². The van der Waals surface area contributed by atoms with Crippen LogP contribution >= 0.6 is 0 Å². The summed E-state index contributed by atoms with van der Waals surface area (Å²) in [5.74, 6) is 0.561. The number of rotatable bonds is 4. The zero-order valence-electron chi connectivity index (χ0n) is 14.1. The fraction of sp³-hybridized carbons (Fsp3) is 0.450. The first-order valence-corrected chi connectivity index (χ1v) is 9.02. The van der Waals surface area contributed by atoms with Gasteiger partial charge < -0.3 is 11.5 Å². The molecule has 2 saturated heterocycles. The van der Waals surface area contributed by atoms with Crippen LogP contribution in [-0.2, 0) is 6.42 Å². The zero-order valence-corrected chi connectivity index (χ0v) is 14.1. The Morgan fingerprint density at radius 3 is 2.67 bits per heavy atom. The lowest BCUT2D eigenvalue weighted by Gasteiger charge is -2.42. The molecule has 2 unspecified atom stereocenters. The van der Waals surface area contributed by atoms with Gasteiger partial charge in [-0.25, -0.2) is 4.98 Å². The van der Waals surface area contributed by atoms with Crippen LogP contribution in [0.4, 0.5) is 5.82 Å². The van der Waals surface area contributed by atoms with Crippen LogP contribution in [-0.4, -0.2) is 28.1 Å². The summed E-state index contributed by atoms with van der Waals surface area (Å²) in [5.41, 5.74) is 15.8. The molecule has 4 nitrogen and oxygen atoms in total. The first kappa shape index (κ1) is 15.6. The topological polar surface area (TPSA) is 68.2 Å².